The molecule has 1 saturated heterocycles. The van der Waals surface area contributed by atoms with E-state index in [1.54, 1.807) is 20.0 Å². The Kier molecular flexibility index (Phi) is 9.21. The first-order chi connectivity index (χ1) is 19.2. The Morgan fingerprint density at radius 3 is 2.42 bits per heavy atom. The largest absolute Gasteiger partial charge is 0.480 e. The molecular weight excluding hydrogens is 510 g/mol. The molecule has 0 aliphatic carbocycles. The summed E-state index contributed by atoms with van der Waals surface area (Å²) in [6.45, 7) is 3.80. The van der Waals surface area contributed by atoms with Crippen LogP contribution in [0.2, 0.25) is 0 Å². The standard InChI is InChI=1S/C30H37N5O5/c1-18(2)26(30(39)40)34-27(36)24(16-20-17-32-23-12-7-6-11-21(20)23)33-28(37)25-13-8-14-35(25)29(38)22(31)15-19-9-4-3-5-10-19/h3-7,9-12,17-18,22,24-26,32H,8,13-16,31H2,1-2H3,(H,33,37)(H,34,36)(H,39,40). The summed E-state index contributed by atoms with van der Waals surface area (Å²) in [5, 5.41) is 15.9. The number of likely N-dealkylation sites (tertiary alicyclic amines) is 1. The van der Waals surface area contributed by atoms with Crippen molar-refractivity contribution in [1.29, 1.82) is 0 Å². The number of hydrogen-bond acceptors (Lipinski definition) is 5. The number of carbonyl (C=O) groups is 4. The Morgan fingerprint density at radius 2 is 1.73 bits per heavy atom. The molecule has 4 atom stereocenters. The quantitative estimate of drug-likeness (QED) is 0.247. The molecule has 4 unspecified atom stereocenters. The molecular formula is C30H37N5O5. The normalized spacial score (nSPS) is 17.4. The second-order valence-corrected chi connectivity index (χ2v) is 10.7. The van der Waals surface area contributed by atoms with E-state index in [4.69, 9.17) is 5.73 Å². The van der Waals surface area contributed by atoms with Gasteiger partial charge in [-0.2, -0.15) is 0 Å². The Hall–Kier alpha value is -4.18. The molecule has 1 aliphatic heterocycles. The first kappa shape index (κ1) is 28.8. The molecule has 0 radical (unpaired) electrons. The van der Waals surface area contributed by atoms with Crippen molar-refractivity contribution < 1.29 is 24.3 Å². The monoisotopic (exact) mass is 547 g/mol. The first-order valence-electron chi connectivity index (χ1n) is 13.6. The molecule has 6 N–H and O–H groups in total. The number of nitrogens with zero attached hydrogens (tertiary/aromatic N) is 1. The van der Waals surface area contributed by atoms with Gasteiger partial charge in [-0.3, -0.25) is 14.4 Å². The van der Waals surface area contributed by atoms with E-state index in [2.05, 4.69) is 15.6 Å². The summed E-state index contributed by atoms with van der Waals surface area (Å²) in [5.74, 6) is -2.89. The van der Waals surface area contributed by atoms with Crippen molar-refractivity contribution in [3.05, 3.63) is 71.9 Å². The van der Waals surface area contributed by atoms with Gasteiger partial charge in [-0.05, 0) is 42.4 Å². The fraction of sp³-hybridized carbons (Fsp3) is 0.400. The molecule has 212 valence electrons. The van der Waals surface area contributed by atoms with Crippen molar-refractivity contribution in [2.45, 2.75) is 63.7 Å². The summed E-state index contributed by atoms with van der Waals surface area (Å²) in [4.78, 5) is 56.6. The topological polar surface area (TPSA) is 158 Å². The summed E-state index contributed by atoms with van der Waals surface area (Å²) in [5.41, 5.74) is 8.86. The first-order valence-corrected chi connectivity index (χ1v) is 13.6. The molecule has 10 nitrogen and oxygen atoms in total. The highest BCUT2D eigenvalue weighted by Crippen LogP contribution is 2.22. The SMILES string of the molecule is CC(C)C(NC(=O)C(Cc1c[nH]c2ccccc12)NC(=O)C1CCCN1C(=O)C(N)Cc1ccccc1)C(=O)O. The van der Waals surface area contributed by atoms with E-state index in [1.165, 1.54) is 4.90 Å². The molecule has 1 fully saturated rings. The van der Waals surface area contributed by atoms with Crippen LogP contribution in [-0.4, -0.2) is 69.4 Å². The number of aliphatic carboxylic acids is 1. The van der Waals surface area contributed by atoms with E-state index in [0.29, 0.717) is 25.8 Å². The Morgan fingerprint density at radius 1 is 1.02 bits per heavy atom. The zero-order chi connectivity index (χ0) is 28.8. The minimum Gasteiger partial charge on any atom is -0.480 e. The molecule has 0 saturated carbocycles. The zero-order valence-electron chi connectivity index (χ0n) is 22.8. The molecule has 2 aromatic carbocycles. The van der Waals surface area contributed by atoms with Gasteiger partial charge in [0.05, 0.1) is 6.04 Å². The van der Waals surface area contributed by atoms with Crippen LogP contribution in [0, 0.1) is 5.92 Å². The van der Waals surface area contributed by atoms with Gasteiger partial charge in [-0.15, -0.1) is 0 Å². The highest BCUT2D eigenvalue weighted by Gasteiger charge is 2.38. The van der Waals surface area contributed by atoms with Crippen molar-refractivity contribution in [3.63, 3.8) is 0 Å². The second-order valence-electron chi connectivity index (χ2n) is 10.7. The van der Waals surface area contributed by atoms with Crippen molar-refractivity contribution in [2.24, 2.45) is 11.7 Å². The van der Waals surface area contributed by atoms with E-state index in [-0.39, 0.29) is 18.2 Å². The number of aromatic nitrogens is 1. The van der Waals surface area contributed by atoms with E-state index in [0.717, 1.165) is 22.0 Å². The third kappa shape index (κ3) is 6.69. The Balaban J connectivity index is 1.52. The van der Waals surface area contributed by atoms with Crippen molar-refractivity contribution in [2.75, 3.05) is 6.54 Å². The van der Waals surface area contributed by atoms with Gasteiger partial charge in [-0.25, -0.2) is 4.79 Å². The van der Waals surface area contributed by atoms with Crippen LogP contribution in [0.4, 0.5) is 0 Å². The average Bonchev–Trinajstić information content (AvgIpc) is 3.59. The zero-order valence-corrected chi connectivity index (χ0v) is 22.8. The van der Waals surface area contributed by atoms with Crippen LogP contribution in [0.15, 0.2) is 60.8 Å². The number of H-pyrrole nitrogens is 1. The number of benzene rings is 2. The van der Waals surface area contributed by atoms with Gasteiger partial charge in [-0.1, -0.05) is 62.4 Å². The number of rotatable bonds is 11. The fourth-order valence-electron chi connectivity index (χ4n) is 5.24. The minimum absolute atomic E-state index is 0.139. The van der Waals surface area contributed by atoms with E-state index in [9.17, 15) is 24.3 Å². The van der Waals surface area contributed by atoms with Gasteiger partial charge >= 0.3 is 5.97 Å². The van der Waals surface area contributed by atoms with Crippen molar-refractivity contribution in [3.8, 4) is 0 Å². The van der Waals surface area contributed by atoms with Gasteiger partial charge in [0.2, 0.25) is 17.7 Å². The van der Waals surface area contributed by atoms with Gasteiger partial charge in [0.1, 0.15) is 18.1 Å². The molecule has 3 amide bonds. The third-order valence-electron chi connectivity index (χ3n) is 7.42. The van der Waals surface area contributed by atoms with Gasteiger partial charge in [0, 0.05) is 30.1 Å². The number of carboxylic acid groups (broad SMARTS) is 1. The number of hydrogen-bond donors (Lipinski definition) is 5. The lowest BCUT2D eigenvalue weighted by Crippen LogP contribution is -2.57. The molecule has 2 heterocycles. The van der Waals surface area contributed by atoms with Crippen LogP contribution in [0.1, 0.15) is 37.8 Å². The molecule has 10 heteroatoms. The van der Waals surface area contributed by atoms with Crippen LogP contribution in [0.5, 0.6) is 0 Å². The van der Waals surface area contributed by atoms with E-state index < -0.39 is 42.0 Å². The van der Waals surface area contributed by atoms with Gasteiger partial charge in [0.25, 0.3) is 0 Å². The second kappa shape index (κ2) is 12.8. The van der Waals surface area contributed by atoms with Crippen molar-refractivity contribution in [1.82, 2.24) is 20.5 Å². The summed E-state index contributed by atoms with van der Waals surface area (Å²) in [6, 6.07) is 13.3. The van der Waals surface area contributed by atoms with Crippen molar-refractivity contribution >= 4 is 34.6 Å². The molecule has 4 rings (SSSR count). The fourth-order valence-corrected chi connectivity index (χ4v) is 5.24. The molecule has 1 aliphatic rings. The number of fused-ring (bicyclic) bond motifs is 1. The predicted molar refractivity (Wildman–Crippen MR) is 151 cm³/mol. The number of amides is 3. The summed E-state index contributed by atoms with van der Waals surface area (Å²) < 4.78 is 0. The number of para-hydroxylation sites is 1. The van der Waals surface area contributed by atoms with Crippen LogP contribution >= 0.6 is 0 Å². The highest BCUT2D eigenvalue weighted by molar-refractivity contribution is 5.95. The van der Waals surface area contributed by atoms with Crippen LogP contribution < -0.4 is 16.4 Å². The molecule has 1 aromatic heterocycles. The maximum atomic E-state index is 13.6. The average molecular weight is 548 g/mol. The molecule has 3 aromatic rings. The number of aromatic amines is 1. The third-order valence-corrected chi connectivity index (χ3v) is 7.42. The molecule has 40 heavy (non-hydrogen) atoms. The number of carboxylic acids is 1. The summed E-state index contributed by atoms with van der Waals surface area (Å²) in [6.07, 6.45) is 3.35. The Labute approximate surface area is 233 Å². The number of carbonyl (C=O) groups excluding carboxylic acids is 3. The van der Waals surface area contributed by atoms with Crippen LogP contribution in [0.25, 0.3) is 10.9 Å². The van der Waals surface area contributed by atoms with E-state index in [1.807, 2.05) is 54.6 Å². The maximum Gasteiger partial charge on any atom is 0.326 e. The summed E-state index contributed by atoms with van der Waals surface area (Å²) in [7, 11) is 0. The lowest BCUT2D eigenvalue weighted by molar-refractivity contribution is -0.144. The van der Waals surface area contributed by atoms with Crippen LogP contribution in [0.3, 0.4) is 0 Å². The number of nitrogens with one attached hydrogen (secondary N) is 3. The maximum absolute atomic E-state index is 13.6. The lowest BCUT2D eigenvalue weighted by atomic mass is 10.0. The smallest absolute Gasteiger partial charge is 0.326 e. The minimum atomic E-state index is -1.15. The number of nitrogens with two attached hydrogens (primary N) is 1. The Bertz CT molecular complexity index is 1350. The van der Waals surface area contributed by atoms with Crippen LogP contribution in [-0.2, 0) is 32.0 Å². The van der Waals surface area contributed by atoms with E-state index >= 15 is 0 Å². The van der Waals surface area contributed by atoms with Gasteiger partial charge < -0.3 is 31.4 Å². The van der Waals surface area contributed by atoms with Gasteiger partial charge in [0.15, 0.2) is 0 Å². The lowest BCUT2D eigenvalue weighted by Gasteiger charge is -2.29. The predicted octanol–water partition coefficient (Wildman–Crippen LogP) is 1.98. The molecule has 0 spiro atoms. The molecule has 0 bridgehead atoms. The highest BCUT2D eigenvalue weighted by atomic mass is 16.4. The summed E-state index contributed by atoms with van der Waals surface area (Å²) >= 11 is 0.